The lowest BCUT2D eigenvalue weighted by Gasteiger charge is -2.20. The number of hydrogen-bond acceptors (Lipinski definition) is 2. The van der Waals surface area contributed by atoms with Crippen LogP contribution in [0.25, 0.3) is 0 Å². The van der Waals surface area contributed by atoms with Crippen molar-refractivity contribution in [3.63, 3.8) is 0 Å². The van der Waals surface area contributed by atoms with Gasteiger partial charge in [0.25, 0.3) is 0 Å². The van der Waals surface area contributed by atoms with E-state index in [0.29, 0.717) is 12.6 Å². The average molecular weight is 127 g/mol. The van der Waals surface area contributed by atoms with Crippen molar-refractivity contribution < 1.29 is 5.11 Å². The molecular formula is C7H13NO. The first-order valence-corrected chi connectivity index (χ1v) is 3.74. The van der Waals surface area contributed by atoms with Crippen LogP contribution in [0.15, 0.2) is 0 Å². The molecule has 9 heavy (non-hydrogen) atoms. The molecule has 2 nitrogen and oxygen atoms in total. The first kappa shape index (κ1) is 5.69. The Kier molecular flexibility index (Phi) is 1.24. The van der Waals surface area contributed by atoms with E-state index in [1.165, 1.54) is 12.8 Å². The van der Waals surface area contributed by atoms with E-state index in [4.69, 9.17) is 5.11 Å². The number of aliphatic hydroxyl groups is 1. The van der Waals surface area contributed by atoms with E-state index in [1.54, 1.807) is 0 Å². The molecule has 2 aliphatic rings. The largest absolute Gasteiger partial charge is 0.395 e. The van der Waals surface area contributed by atoms with Gasteiger partial charge in [0.2, 0.25) is 0 Å². The predicted octanol–water partition coefficient (Wildman–Crippen LogP) is -0.0233. The smallest absolute Gasteiger partial charge is 0.0584 e. The van der Waals surface area contributed by atoms with Gasteiger partial charge in [-0.2, -0.15) is 0 Å². The minimum absolute atomic E-state index is 0.323. The van der Waals surface area contributed by atoms with Crippen molar-refractivity contribution in [1.82, 2.24) is 5.32 Å². The summed E-state index contributed by atoms with van der Waals surface area (Å²) in [6, 6.07) is 0.411. The van der Waals surface area contributed by atoms with Gasteiger partial charge in [-0.3, -0.25) is 0 Å². The summed E-state index contributed by atoms with van der Waals surface area (Å²) >= 11 is 0. The zero-order chi connectivity index (χ0) is 6.27. The van der Waals surface area contributed by atoms with Crippen molar-refractivity contribution >= 4 is 0 Å². The third-order valence-corrected chi connectivity index (χ3v) is 2.55. The van der Waals surface area contributed by atoms with Crippen molar-refractivity contribution in [2.75, 3.05) is 13.2 Å². The van der Waals surface area contributed by atoms with Crippen LogP contribution in [-0.2, 0) is 0 Å². The van der Waals surface area contributed by atoms with Crippen LogP contribution in [0.3, 0.4) is 0 Å². The van der Waals surface area contributed by atoms with Crippen LogP contribution in [0.5, 0.6) is 0 Å². The third-order valence-electron chi connectivity index (χ3n) is 2.55. The number of nitrogens with one attached hydrogen (secondary N) is 1. The molecule has 1 saturated carbocycles. The first-order chi connectivity index (χ1) is 4.40. The molecule has 0 spiro atoms. The van der Waals surface area contributed by atoms with E-state index in [9.17, 15) is 0 Å². The SMILES string of the molecule is OCC1C[C@H]2C[C@H]2CN1. The Morgan fingerprint density at radius 1 is 1.33 bits per heavy atom. The second-order valence-corrected chi connectivity index (χ2v) is 3.28. The summed E-state index contributed by atoms with van der Waals surface area (Å²) in [5.41, 5.74) is 0. The molecule has 2 fully saturated rings. The highest BCUT2D eigenvalue weighted by Gasteiger charge is 2.41. The molecule has 0 amide bonds. The van der Waals surface area contributed by atoms with Crippen LogP contribution in [0.1, 0.15) is 12.8 Å². The van der Waals surface area contributed by atoms with Crippen molar-refractivity contribution in [1.29, 1.82) is 0 Å². The van der Waals surface area contributed by atoms with Crippen LogP contribution >= 0.6 is 0 Å². The van der Waals surface area contributed by atoms with E-state index >= 15 is 0 Å². The Morgan fingerprint density at radius 2 is 2.22 bits per heavy atom. The maximum absolute atomic E-state index is 8.76. The molecule has 52 valence electrons. The van der Waals surface area contributed by atoms with Gasteiger partial charge < -0.3 is 10.4 Å². The second kappa shape index (κ2) is 1.96. The number of hydrogen-bond donors (Lipinski definition) is 2. The molecule has 0 aromatic heterocycles. The van der Waals surface area contributed by atoms with Gasteiger partial charge >= 0.3 is 0 Å². The van der Waals surface area contributed by atoms with Gasteiger partial charge in [-0.25, -0.2) is 0 Å². The van der Waals surface area contributed by atoms with Crippen LogP contribution < -0.4 is 5.32 Å². The van der Waals surface area contributed by atoms with Gasteiger partial charge in [-0.1, -0.05) is 0 Å². The Bertz CT molecular complexity index is 115. The molecule has 1 unspecified atom stereocenters. The summed E-state index contributed by atoms with van der Waals surface area (Å²) in [5, 5.41) is 12.1. The molecule has 0 bridgehead atoms. The number of fused-ring (bicyclic) bond motifs is 1. The van der Waals surface area contributed by atoms with E-state index < -0.39 is 0 Å². The normalized spacial score (nSPS) is 48.3. The minimum atomic E-state index is 0.323. The Labute approximate surface area is 55.3 Å². The molecule has 0 aromatic rings. The quantitative estimate of drug-likeness (QED) is 0.518. The average Bonchev–Trinajstić information content (AvgIpc) is 2.64. The van der Waals surface area contributed by atoms with Crippen LogP contribution in [0.2, 0.25) is 0 Å². The molecule has 1 aliphatic carbocycles. The fourth-order valence-electron chi connectivity index (χ4n) is 1.75. The van der Waals surface area contributed by atoms with Crippen molar-refractivity contribution in [2.45, 2.75) is 18.9 Å². The monoisotopic (exact) mass is 127 g/mol. The summed E-state index contributed by atoms with van der Waals surface area (Å²) in [4.78, 5) is 0. The lowest BCUT2D eigenvalue weighted by Crippen LogP contribution is -2.37. The summed E-state index contributed by atoms with van der Waals surface area (Å²) in [6.07, 6.45) is 2.62. The van der Waals surface area contributed by atoms with Gasteiger partial charge in [0.05, 0.1) is 6.61 Å². The standard InChI is InChI=1S/C7H13NO/c9-4-7-2-5-1-6(5)3-8-7/h5-9H,1-4H2/t5-,6+,7?/m1/s1. The summed E-state index contributed by atoms with van der Waals surface area (Å²) < 4.78 is 0. The van der Waals surface area contributed by atoms with Gasteiger partial charge in [-0.05, 0) is 31.2 Å². The lowest BCUT2D eigenvalue weighted by molar-refractivity contribution is 0.216. The molecule has 1 aliphatic heterocycles. The number of aliphatic hydroxyl groups excluding tert-OH is 1. The Morgan fingerprint density at radius 3 is 2.89 bits per heavy atom. The molecule has 2 N–H and O–H groups in total. The predicted molar refractivity (Wildman–Crippen MR) is 35.1 cm³/mol. The van der Waals surface area contributed by atoms with Gasteiger partial charge in [0.1, 0.15) is 0 Å². The lowest BCUT2D eigenvalue weighted by atomic mass is 10.1. The minimum Gasteiger partial charge on any atom is -0.395 e. The molecular weight excluding hydrogens is 114 g/mol. The first-order valence-electron chi connectivity index (χ1n) is 3.74. The fourth-order valence-corrected chi connectivity index (χ4v) is 1.75. The molecule has 0 radical (unpaired) electrons. The van der Waals surface area contributed by atoms with Crippen molar-refractivity contribution in [3.8, 4) is 0 Å². The van der Waals surface area contributed by atoms with E-state index in [-0.39, 0.29) is 0 Å². The number of piperidine rings is 1. The Hall–Kier alpha value is -0.0800. The number of rotatable bonds is 1. The summed E-state index contributed by atoms with van der Waals surface area (Å²) in [7, 11) is 0. The highest BCUT2D eigenvalue weighted by molar-refractivity contribution is 4.95. The van der Waals surface area contributed by atoms with Gasteiger partial charge in [-0.15, -0.1) is 0 Å². The summed E-state index contributed by atoms with van der Waals surface area (Å²) in [6.45, 7) is 1.47. The third kappa shape index (κ3) is 0.970. The maximum atomic E-state index is 8.76. The van der Waals surface area contributed by atoms with Gasteiger partial charge in [0.15, 0.2) is 0 Å². The second-order valence-electron chi connectivity index (χ2n) is 3.28. The zero-order valence-corrected chi connectivity index (χ0v) is 5.51. The molecule has 1 heterocycles. The molecule has 2 heteroatoms. The van der Waals surface area contributed by atoms with E-state index in [0.717, 1.165) is 18.4 Å². The molecule has 1 saturated heterocycles. The van der Waals surface area contributed by atoms with Crippen LogP contribution in [-0.4, -0.2) is 24.3 Å². The Balaban J connectivity index is 1.86. The zero-order valence-electron chi connectivity index (χ0n) is 5.51. The topological polar surface area (TPSA) is 32.3 Å². The molecule has 0 aromatic carbocycles. The maximum Gasteiger partial charge on any atom is 0.0584 e. The van der Waals surface area contributed by atoms with E-state index in [2.05, 4.69) is 5.32 Å². The van der Waals surface area contributed by atoms with Crippen LogP contribution in [0.4, 0.5) is 0 Å². The molecule has 2 rings (SSSR count). The highest BCUT2D eigenvalue weighted by Crippen LogP contribution is 2.43. The van der Waals surface area contributed by atoms with Gasteiger partial charge in [0, 0.05) is 6.04 Å². The molecule has 3 atom stereocenters. The van der Waals surface area contributed by atoms with Crippen molar-refractivity contribution in [2.24, 2.45) is 11.8 Å². The fraction of sp³-hybridized carbons (Fsp3) is 1.00. The summed E-state index contributed by atoms with van der Waals surface area (Å²) in [5.74, 6) is 1.93. The van der Waals surface area contributed by atoms with Crippen LogP contribution in [0, 0.1) is 11.8 Å². The van der Waals surface area contributed by atoms with Crippen molar-refractivity contribution in [3.05, 3.63) is 0 Å². The highest BCUT2D eigenvalue weighted by atomic mass is 16.3. The van der Waals surface area contributed by atoms with E-state index in [1.807, 2.05) is 0 Å².